The lowest BCUT2D eigenvalue weighted by Crippen LogP contribution is -2.33. The van der Waals surface area contributed by atoms with Crippen LogP contribution >= 0.6 is 24.0 Å². The summed E-state index contributed by atoms with van der Waals surface area (Å²) in [6.45, 7) is 4.15. The third-order valence-corrected chi connectivity index (χ3v) is 3.61. The molecule has 0 saturated carbocycles. The molecule has 0 radical (unpaired) electrons. The lowest BCUT2D eigenvalue weighted by molar-refractivity contribution is 0.0938. The number of carbonyl (C=O) groups is 1. The summed E-state index contributed by atoms with van der Waals surface area (Å²) in [5, 5.41) is 2.96. The summed E-state index contributed by atoms with van der Waals surface area (Å²) in [5.41, 5.74) is 0.539. The summed E-state index contributed by atoms with van der Waals surface area (Å²) in [6.07, 6.45) is 2.70. The number of hydrogen-bond donors (Lipinski definition) is 2. The maximum Gasteiger partial charge on any atom is 0.254 e. The highest BCUT2D eigenvalue weighted by Crippen LogP contribution is 2.05. The first-order valence-corrected chi connectivity index (χ1v) is 7.27. The molecule has 0 saturated heterocycles. The van der Waals surface area contributed by atoms with Crippen LogP contribution in [0.5, 0.6) is 0 Å². The predicted molar refractivity (Wildman–Crippen MR) is 76.2 cm³/mol. The third kappa shape index (κ3) is 4.91. The quantitative estimate of drug-likeness (QED) is 0.617. The second-order valence-corrected chi connectivity index (χ2v) is 5.58. The van der Waals surface area contributed by atoms with E-state index < -0.39 is 0 Å². The van der Waals surface area contributed by atoms with Gasteiger partial charge in [0.15, 0.2) is 0 Å². The molecule has 0 aromatic carbocycles. The van der Waals surface area contributed by atoms with E-state index >= 15 is 0 Å². The fourth-order valence-corrected chi connectivity index (χ4v) is 2.42. The highest BCUT2D eigenvalue weighted by molar-refractivity contribution is 7.99. The van der Waals surface area contributed by atoms with Gasteiger partial charge in [-0.1, -0.05) is 19.1 Å². The Bertz CT molecular complexity index is 417. The zero-order chi connectivity index (χ0) is 12.7. The van der Waals surface area contributed by atoms with Crippen molar-refractivity contribution in [3.63, 3.8) is 0 Å². The molecule has 94 valence electrons. The van der Waals surface area contributed by atoms with Crippen molar-refractivity contribution in [1.29, 1.82) is 0 Å². The molecule has 3 nitrogen and oxygen atoms in total. The van der Waals surface area contributed by atoms with Crippen LogP contribution in [-0.4, -0.2) is 28.4 Å². The van der Waals surface area contributed by atoms with E-state index in [1.165, 1.54) is 0 Å². The number of aromatic nitrogens is 1. The summed E-state index contributed by atoms with van der Waals surface area (Å²) in [7, 11) is 0. The van der Waals surface area contributed by atoms with Crippen molar-refractivity contribution >= 4 is 29.9 Å². The maximum atomic E-state index is 11.9. The second kappa shape index (κ2) is 7.50. The van der Waals surface area contributed by atoms with Crippen LogP contribution in [0.2, 0.25) is 0 Å². The Morgan fingerprint density at radius 3 is 3.06 bits per heavy atom. The number of thioether (sulfide) groups is 1. The maximum absolute atomic E-state index is 11.9. The highest BCUT2D eigenvalue weighted by atomic mass is 32.2. The minimum Gasteiger partial charge on any atom is -0.352 e. The standard InChI is InChI=1S/C12H18N2OS2/c1-3-17-8-6-9(2)14-11(15)10-5-4-7-13-12(10)16/h4-5,7,9H,3,6,8H2,1-2H3,(H,13,16)(H,14,15). The van der Waals surface area contributed by atoms with Gasteiger partial charge < -0.3 is 10.3 Å². The van der Waals surface area contributed by atoms with Gasteiger partial charge >= 0.3 is 0 Å². The summed E-state index contributed by atoms with van der Waals surface area (Å²) in [4.78, 5) is 14.8. The van der Waals surface area contributed by atoms with E-state index in [2.05, 4.69) is 17.2 Å². The van der Waals surface area contributed by atoms with Gasteiger partial charge in [0.1, 0.15) is 4.64 Å². The molecule has 0 aliphatic heterocycles. The molecule has 0 aliphatic rings. The molecule has 1 unspecified atom stereocenters. The summed E-state index contributed by atoms with van der Waals surface area (Å²) >= 11 is 6.95. The number of aromatic amines is 1. The number of H-pyrrole nitrogens is 1. The van der Waals surface area contributed by atoms with Gasteiger partial charge in [-0.2, -0.15) is 11.8 Å². The summed E-state index contributed by atoms with van der Waals surface area (Å²) in [6, 6.07) is 3.69. The molecule has 1 amide bonds. The molecule has 1 aromatic heterocycles. The average Bonchev–Trinajstić information content (AvgIpc) is 2.29. The van der Waals surface area contributed by atoms with Crippen molar-refractivity contribution < 1.29 is 4.79 Å². The first kappa shape index (κ1) is 14.3. The third-order valence-electron chi connectivity index (χ3n) is 2.34. The van der Waals surface area contributed by atoms with Gasteiger partial charge in [-0.05, 0) is 37.0 Å². The summed E-state index contributed by atoms with van der Waals surface area (Å²) < 4.78 is 0.486. The van der Waals surface area contributed by atoms with Gasteiger partial charge in [0.05, 0.1) is 5.56 Å². The lowest BCUT2D eigenvalue weighted by Gasteiger charge is -2.13. The van der Waals surface area contributed by atoms with Gasteiger partial charge in [0, 0.05) is 12.2 Å². The minimum absolute atomic E-state index is 0.0964. The Morgan fingerprint density at radius 1 is 1.65 bits per heavy atom. The molecule has 1 rings (SSSR count). The van der Waals surface area contributed by atoms with Gasteiger partial charge in [-0.25, -0.2) is 0 Å². The van der Waals surface area contributed by atoms with Gasteiger partial charge in [0.2, 0.25) is 0 Å². The molecule has 0 aliphatic carbocycles. The van der Waals surface area contributed by atoms with Crippen molar-refractivity contribution in [2.45, 2.75) is 26.3 Å². The number of pyridine rings is 1. The van der Waals surface area contributed by atoms with E-state index in [9.17, 15) is 4.79 Å². The Kier molecular flexibility index (Phi) is 6.29. The first-order valence-electron chi connectivity index (χ1n) is 5.71. The van der Waals surface area contributed by atoms with Crippen molar-refractivity contribution in [3.05, 3.63) is 28.5 Å². The van der Waals surface area contributed by atoms with Crippen molar-refractivity contribution in [2.24, 2.45) is 0 Å². The normalized spacial score (nSPS) is 12.1. The Hall–Kier alpha value is -0.810. The van der Waals surface area contributed by atoms with Crippen LogP contribution in [0.3, 0.4) is 0 Å². The van der Waals surface area contributed by atoms with Crippen LogP contribution in [0, 0.1) is 4.64 Å². The number of rotatable bonds is 6. The van der Waals surface area contributed by atoms with Crippen LogP contribution in [0.25, 0.3) is 0 Å². The van der Waals surface area contributed by atoms with Crippen LogP contribution in [0.4, 0.5) is 0 Å². The predicted octanol–water partition coefficient (Wildman–Crippen LogP) is 3.01. The van der Waals surface area contributed by atoms with Crippen LogP contribution in [0.15, 0.2) is 18.3 Å². The smallest absolute Gasteiger partial charge is 0.254 e. The molecule has 17 heavy (non-hydrogen) atoms. The number of nitrogens with one attached hydrogen (secondary N) is 2. The zero-order valence-corrected chi connectivity index (χ0v) is 11.8. The topological polar surface area (TPSA) is 44.9 Å². The monoisotopic (exact) mass is 270 g/mol. The van der Waals surface area contributed by atoms with Crippen molar-refractivity contribution in [2.75, 3.05) is 11.5 Å². The van der Waals surface area contributed by atoms with Crippen molar-refractivity contribution in [1.82, 2.24) is 10.3 Å². The SMILES string of the molecule is CCSCCC(C)NC(=O)c1ccc[nH]c1=S. The molecule has 0 spiro atoms. The molecule has 0 fully saturated rings. The van der Waals surface area contributed by atoms with Gasteiger partial charge in [-0.3, -0.25) is 4.79 Å². The average molecular weight is 270 g/mol. The molecule has 1 aromatic rings. The molecule has 1 heterocycles. The van der Waals surface area contributed by atoms with E-state index in [-0.39, 0.29) is 11.9 Å². The molecule has 5 heteroatoms. The molecular weight excluding hydrogens is 252 g/mol. The van der Waals surface area contributed by atoms with E-state index in [1.54, 1.807) is 18.3 Å². The number of amides is 1. The van der Waals surface area contributed by atoms with E-state index in [4.69, 9.17) is 12.2 Å². The molecular formula is C12H18N2OS2. The van der Waals surface area contributed by atoms with Crippen LogP contribution in [0.1, 0.15) is 30.6 Å². The fourth-order valence-electron chi connectivity index (χ4n) is 1.38. The van der Waals surface area contributed by atoms with E-state index in [0.717, 1.165) is 17.9 Å². The molecule has 0 bridgehead atoms. The summed E-state index contributed by atoms with van der Waals surface area (Å²) in [5.74, 6) is 2.09. The Labute approximate surface area is 111 Å². The van der Waals surface area contributed by atoms with E-state index in [1.807, 2.05) is 18.7 Å². The van der Waals surface area contributed by atoms with Crippen LogP contribution in [-0.2, 0) is 0 Å². The van der Waals surface area contributed by atoms with Gasteiger partial charge in [0.25, 0.3) is 5.91 Å². The Balaban J connectivity index is 2.49. The zero-order valence-electron chi connectivity index (χ0n) is 10.2. The van der Waals surface area contributed by atoms with Crippen LogP contribution < -0.4 is 5.32 Å². The molecule has 1 atom stereocenters. The van der Waals surface area contributed by atoms with Crippen molar-refractivity contribution in [3.8, 4) is 0 Å². The van der Waals surface area contributed by atoms with E-state index in [0.29, 0.717) is 10.2 Å². The molecule has 2 N–H and O–H groups in total. The Morgan fingerprint density at radius 2 is 2.41 bits per heavy atom. The first-order chi connectivity index (χ1) is 8.15. The number of carbonyl (C=O) groups excluding carboxylic acids is 1. The second-order valence-electron chi connectivity index (χ2n) is 3.77. The number of hydrogen-bond acceptors (Lipinski definition) is 3. The van der Waals surface area contributed by atoms with Gasteiger partial charge in [-0.15, -0.1) is 0 Å². The minimum atomic E-state index is -0.0964. The lowest BCUT2D eigenvalue weighted by atomic mass is 10.2. The highest BCUT2D eigenvalue weighted by Gasteiger charge is 2.10. The fraction of sp³-hybridized carbons (Fsp3) is 0.500. The largest absolute Gasteiger partial charge is 0.352 e.